The Hall–Kier alpha value is -3.48. The van der Waals surface area contributed by atoms with Gasteiger partial charge >= 0.3 is 5.97 Å². The van der Waals surface area contributed by atoms with Crippen molar-refractivity contribution in [2.24, 2.45) is 0 Å². The fourth-order valence-corrected chi connectivity index (χ4v) is 2.48. The average Bonchev–Trinajstić information content (AvgIpc) is 3.20. The molecule has 0 N–H and O–H groups in total. The summed E-state index contributed by atoms with van der Waals surface area (Å²) < 4.78 is 15.9. The Labute approximate surface area is 163 Å². The smallest absolute Gasteiger partial charge is 0.330 e. The van der Waals surface area contributed by atoms with E-state index in [9.17, 15) is 4.79 Å². The normalized spacial score (nSPS) is 10.9. The maximum atomic E-state index is 11.9. The minimum Gasteiger partial charge on any atom is -0.493 e. The highest BCUT2D eigenvalue weighted by Gasteiger charge is 2.08. The highest BCUT2D eigenvalue weighted by molar-refractivity contribution is 5.87. The molecule has 0 saturated carbocycles. The molecule has 2 heterocycles. The number of rotatable bonds is 9. The van der Waals surface area contributed by atoms with E-state index < -0.39 is 5.97 Å². The van der Waals surface area contributed by atoms with Gasteiger partial charge in [-0.3, -0.25) is 4.98 Å². The average molecular weight is 379 g/mol. The first-order valence-electron chi connectivity index (χ1n) is 9.06. The summed E-state index contributed by atoms with van der Waals surface area (Å²) in [5, 5.41) is 3.93. The van der Waals surface area contributed by atoms with Crippen LogP contribution >= 0.6 is 0 Å². The van der Waals surface area contributed by atoms with E-state index in [2.05, 4.69) is 15.1 Å². The van der Waals surface area contributed by atoms with Gasteiger partial charge in [-0.25, -0.2) is 4.79 Å². The van der Waals surface area contributed by atoms with Gasteiger partial charge in [0, 0.05) is 36.0 Å². The van der Waals surface area contributed by atoms with Crippen molar-refractivity contribution in [3.8, 4) is 17.1 Å². The van der Waals surface area contributed by atoms with Crippen LogP contribution in [0, 0.1) is 0 Å². The van der Waals surface area contributed by atoms with Gasteiger partial charge in [0.2, 0.25) is 11.7 Å². The van der Waals surface area contributed by atoms with Crippen LogP contribution in [0.25, 0.3) is 17.5 Å². The number of aryl methyl sites for hydroxylation is 1. The monoisotopic (exact) mass is 379 g/mol. The molecule has 0 bridgehead atoms. The van der Waals surface area contributed by atoms with Gasteiger partial charge < -0.3 is 14.0 Å². The van der Waals surface area contributed by atoms with E-state index in [-0.39, 0.29) is 6.61 Å². The summed E-state index contributed by atoms with van der Waals surface area (Å²) in [5.41, 5.74) is 1.62. The van der Waals surface area contributed by atoms with Crippen LogP contribution in [0.1, 0.15) is 24.8 Å². The molecule has 0 radical (unpaired) electrons. The summed E-state index contributed by atoms with van der Waals surface area (Å²) in [6.07, 6.45) is 7.55. The summed E-state index contributed by atoms with van der Waals surface area (Å²) in [6.45, 7) is 2.74. The summed E-state index contributed by atoms with van der Waals surface area (Å²) in [6, 6.07) is 11.2. The molecular weight excluding hydrogens is 358 g/mol. The Morgan fingerprint density at radius 1 is 1.21 bits per heavy atom. The van der Waals surface area contributed by atoms with Gasteiger partial charge in [-0.2, -0.15) is 4.98 Å². The molecule has 0 saturated heterocycles. The van der Waals surface area contributed by atoms with Gasteiger partial charge in [-0.05, 0) is 37.6 Å². The number of ether oxygens (including phenoxy) is 2. The SMILES string of the molecule is CCOc1ccccc1/C=C/C(=O)OCCCc1nc(-c2cccnc2)no1. The van der Waals surface area contributed by atoms with E-state index in [0.29, 0.717) is 31.2 Å². The first kappa shape index (κ1) is 19.3. The van der Waals surface area contributed by atoms with Crippen molar-refractivity contribution in [2.75, 3.05) is 13.2 Å². The number of nitrogens with zero attached hydrogens (tertiary/aromatic N) is 3. The molecule has 0 unspecified atom stereocenters. The van der Waals surface area contributed by atoms with Crippen LogP contribution in [0.2, 0.25) is 0 Å². The second kappa shape index (κ2) is 10.0. The molecule has 144 valence electrons. The molecular formula is C21H21N3O4. The summed E-state index contributed by atoms with van der Waals surface area (Å²) >= 11 is 0. The molecule has 1 aromatic carbocycles. The zero-order valence-electron chi connectivity index (χ0n) is 15.6. The zero-order valence-corrected chi connectivity index (χ0v) is 15.6. The number of esters is 1. The van der Waals surface area contributed by atoms with Gasteiger partial charge in [0.05, 0.1) is 13.2 Å². The van der Waals surface area contributed by atoms with E-state index >= 15 is 0 Å². The Kier molecular flexibility index (Phi) is 6.89. The van der Waals surface area contributed by atoms with Crippen LogP contribution < -0.4 is 4.74 Å². The fourth-order valence-electron chi connectivity index (χ4n) is 2.48. The molecule has 0 atom stereocenters. The minimum absolute atomic E-state index is 0.265. The molecule has 0 aliphatic carbocycles. The number of pyridine rings is 1. The molecule has 3 aromatic rings. The lowest BCUT2D eigenvalue weighted by atomic mass is 10.2. The highest BCUT2D eigenvalue weighted by atomic mass is 16.5. The number of benzene rings is 1. The molecule has 3 rings (SSSR count). The first-order chi connectivity index (χ1) is 13.8. The molecule has 0 aliphatic rings. The Balaban J connectivity index is 1.43. The number of carbonyl (C=O) groups excluding carboxylic acids is 1. The molecule has 28 heavy (non-hydrogen) atoms. The van der Waals surface area contributed by atoms with E-state index in [0.717, 1.165) is 16.9 Å². The second-order valence-electron chi connectivity index (χ2n) is 5.83. The van der Waals surface area contributed by atoms with Crippen LogP contribution in [-0.2, 0) is 16.0 Å². The van der Waals surface area contributed by atoms with Gasteiger partial charge in [0.1, 0.15) is 5.75 Å². The lowest BCUT2D eigenvalue weighted by molar-refractivity contribution is -0.137. The van der Waals surface area contributed by atoms with Crippen LogP contribution in [0.4, 0.5) is 0 Å². The van der Waals surface area contributed by atoms with E-state index in [1.165, 1.54) is 6.08 Å². The van der Waals surface area contributed by atoms with Crippen molar-refractivity contribution >= 4 is 12.0 Å². The van der Waals surface area contributed by atoms with Gasteiger partial charge in [-0.1, -0.05) is 23.4 Å². The summed E-state index contributed by atoms with van der Waals surface area (Å²) in [5.74, 6) is 1.31. The van der Waals surface area contributed by atoms with Crippen molar-refractivity contribution in [3.05, 3.63) is 66.3 Å². The van der Waals surface area contributed by atoms with Gasteiger partial charge in [-0.15, -0.1) is 0 Å². The third-order valence-electron chi connectivity index (χ3n) is 3.78. The topological polar surface area (TPSA) is 87.3 Å². The molecule has 0 fully saturated rings. The standard InChI is InChI=1S/C21H21N3O4/c1-2-26-18-9-4-3-7-16(18)11-12-20(25)27-14-6-10-19-23-21(24-28-19)17-8-5-13-22-15-17/h3-5,7-9,11-13,15H,2,6,10,14H2,1H3/b12-11+. The van der Waals surface area contributed by atoms with Crippen LogP contribution in [0.5, 0.6) is 5.75 Å². The molecule has 0 spiro atoms. The molecule has 7 heteroatoms. The lowest BCUT2D eigenvalue weighted by Gasteiger charge is -2.06. The Morgan fingerprint density at radius 3 is 2.93 bits per heavy atom. The van der Waals surface area contributed by atoms with Crippen LogP contribution in [0.15, 0.2) is 59.4 Å². The van der Waals surface area contributed by atoms with Crippen LogP contribution in [0.3, 0.4) is 0 Å². The predicted molar refractivity (Wildman–Crippen MR) is 103 cm³/mol. The quantitative estimate of drug-likeness (QED) is 0.318. The van der Waals surface area contributed by atoms with E-state index in [1.807, 2.05) is 43.3 Å². The number of hydrogen-bond donors (Lipinski definition) is 0. The number of para-hydroxylation sites is 1. The maximum absolute atomic E-state index is 11.9. The molecule has 0 amide bonds. The molecule has 7 nitrogen and oxygen atoms in total. The molecule has 2 aromatic heterocycles. The maximum Gasteiger partial charge on any atom is 0.330 e. The lowest BCUT2D eigenvalue weighted by Crippen LogP contribution is -2.03. The third-order valence-corrected chi connectivity index (χ3v) is 3.78. The number of hydrogen-bond acceptors (Lipinski definition) is 7. The molecule has 0 aliphatic heterocycles. The van der Waals surface area contributed by atoms with Crippen molar-refractivity contribution in [1.29, 1.82) is 0 Å². The highest BCUT2D eigenvalue weighted by Crippen LogP contribution is 2.19. The number of aromatic nitrogens is 3. The van der Waals surface area contributed by atoms with Crippen molar-refractivity contribution in [2.45, 2.75) is 19.8 Å². The van der Waals surface area contributed by atoms with Crippen molar-refractivity contribution in [1.82, 2.24) is 15.1 Å². The minimum atomic E-state index is -0.409. The van der Waals surface area contributed by atoms with Crippen molar-refractivity contribution < 1.29 is 18.8 Å². The fraction of sp³-hybridized carbons (Fsp3) is 0.238. The Morgan fingerprint density at radius 2 is 2.11 bits per heavy atom. The van der Waals surface area contributed by atoms with Gasteiger partial charge in [0.25, 0.3) is 0 Å². The summed E-state index contributed by atoms with van der Waals surface area (Å²) in [7, 11) is 0. The zero-order chi connectivity index (χ0) is 19.6. The van der Waals surface area contributed by atoms with E-state index in [4.69, 9.17) is 14.0 Å². The second-order valence-corrected chi connectivity index (χ2v) is 5.83. The third kappa shape index (κ3) is 5.51. The largest absolute Gasteiger partial charge is 0.493 e. The van der Waals surface area contributed by atoms with E-state index in [1.54, 1.807) is 18.5 Å². The number of carbonyl (C=O) groups is 1. The van der Waals surface area contributed by atoms with Crippen molar-refractivity contribution in [3.63, 3.8) is 0 Å². The first-order valence-corrected chi connectivity index (χ1v) is 9.06. The van der Waals surface area contributed by atoms with Gasteiger partial charge in [0.15, 0.2) is 0 Å². The predicted octanol–water partition coefficient (Wildman–Crippen LogP) is 3.72. The van der Waals surface area contributed by atoms with Crippen LogP contribution in [-0.4, -0.2) is 34.3 Å². The Bertz CT molecular complexity index is 922. The summed E-state index contributed by atoms with van der Waals surface area (Å²) in [4.78, 5) is 20.2.